The summed E-state index contributed by atoms with van der Waals surface area (Å²) < 4.78 is 3.11. The molecule has 0 bridgehead atoms. The summed E-state index contributed by atoms with van der Waals surface area (Å²) >= 11 is 1.72. The standard InChI is InChI=1S/C23H31N5OS/c1-5-17(6-2)22(29)24-18-10-12-27(13-11-18)23-25-21-20(30-23)16(4)26-28(21)19-9-7-8-15(3)14-19/h7-9,14,17-18H,5-6,10-13H2,1-4H3,(H,24,29). The van der Waals surface area contributed by atoms with Crippen molar-refractivity contribution in [3.8, 4) is 5.69 Å². The molecule has 3 aromatic rings. The lowest BCUT2D eigenvalue weighted by Crippen LogP contribution is -2.46. The molecule has 0 spiro atoms. The zero-order valence-corrected chi connectivity index (χ0v) is 19.1. The number of carbonyl (C=O) groups excluding carboxylic acids is 1. The van der Waals surface area contributed by atoms with Crippen molar-refractivity contribution in [2.45, 2.75) is 59.4 Å². The zero-order valence-electron chi connectivity index (χ0n) is 18.3. The number of thiazole rings is 1. The van der Waals surface area contributed by atoms with Gasteiger partial charge in [-0.15, -0.1) is 0 Å². The van der Waals surface area contributed by atoms with E-state index < -0.39 is 0 Å². The molecule has 1 fully saturated rings. The average Bonchev–Trinajstić information content (AvgIpc) is 3.30. The quantitative estimate of drug-likeness (QED) is 0.626. The first-order valence-corrected chi connectivity index (χ1v) is 11.8. The molecule has 30 heavy (non-hydrogen) atoms. The first-order chi connectivity index (χ1) is 14.5. The van der Waals surface area contributed by atoms with Gasteiger partial charge in [-0.1, -0.05) is 37.3 Å². The third kappa shape index (κ3) is 4.08. The second kappa shape index (κ2) is 8.76. The van der Waals surface area contributed by atoms with E-state index in [1.54, 1.807) is 11.3 Å². The van der Waals surface area contributed by atoms with Gasteiger partial charge in [0.25, 0.3) is 0 Å². The first-order valence-electron chi connectivity index (χ1n) is 11.0. The van der Waals surface area contributed by atoms with E-state index >= 15 is 0 Å². The summed E-state index contributed by atoms with van der Waals surface area (Å²) in [5.74, 6) is 0.354. The molecule has 0 saturated carbocycles. The number of anilines is 1. The van der Waals surface area contributed by atoms with E-state index in [1.807, 2.05) is 4.68 Å². The maximum absolute atomic E-state index is 12.4. The van der Waals surface area contributed by atoms with Crippen LogP contribution in [-0.4, -0.2) is 39.8 Å². The van der Waals surface area contributed by atoms with Gasteiger partial charge in [0.1, 0.15) is 0 Å². The molecule has 1 N–H and O–H groups in total. The lowest BCUT2D eigenvalue weighted by atomic mass is 10.00. The van der Waals surface area contributed by atoms with Gasteiger partial charge in [0.2, 0.25) is 5.91 Å². The smallest absolute Gasteiger partial charge is 0.223 e. The molecule has 6 nitrogen and oxygen atoms in total. The molecule has 1 aliphatic rings. The highest BCUT2D eigenvalue weighted by Gasteiger charge is 2.26. The Morgan fingerprint density at radius 2 is 1.97 bits per heavy atom. The van der Waals surface area contributed by atoms with Crippen LogP contribution in [0.4, 0.5) is 5.13 Å². The number of piperidine rings is 1. The number of amides is 1. The molecule has 1 aromatic carbocycles. The minimum Gasteiger partial charge on any atom is -0.353 e. The molecule has 1 saturated heterocycles. The van der Waals surface area contributed by atoms with Gasteiger partial charge < -0.3 is 10.2 Å². The summed E-state index contributed by atoms with van der Waals surface area (Å²) in [6.45, 7) is 10.2. The Hall–Kier alpha value is -2.41. The number of nitrogens with zero attached hydrogens (tertiary/aromatic N) is 4. The number of benzene rings is 1. The van der Waals surface area contributed by atoms with Gasteiger partial charge in [-0.2, -0.15) is 10.1 Å². The number of fused-ring (bicyclic) bond motifs is 1. The highest BCUT2D eigenvalue weighted by molar-refractivity contribution is 7.22. The van der Waals surface area contributed by atoms with Crippen LogP contribution in [0.25, 0.3) is 16.0 Å². The molecular weight excluding hydrogens is 394 g/mol. The van der Waals surface area contributed by atoms with Gasteiger partial charge in [-0.25, -0.2) is 4.68 Å². The Morgan fingerprint density at radius 3 is 2.63 bits per heavy atom. The van der Waals surface area contributed by atoms with Crippen LogP contribution in [0, 0.1) is 19.8 Å². The second-order valence-electron chi connectivity index (χ2n) is 8.27. The van der Waals surface area contributed by atoms with Crippen LogP contribution in [-0.2, 0) is 4.79 Å². The number of aryl methyl sites for hydroxylation is 2. The fourth-order valence-electron chi connectivity index (χ4n) is 4.19. The third-order valence-electron chi connectivity index (χ3n) is 6.09. The summed E-state index contributed by atoms with van der Waals surface area (Å²) in [5.41, 5.74) is 4.21. The van der Waals surface area contributed by atoms with E-state index in [0.717, 1.165) is 65.6 Å². The molecule has 0 atom stereocenters. The molecule has 0 aliphatic carbocycles. The van der Waals surface area contributed by atoms with Gasteiger partial charge in [-0.05, 0) is 57.2 Å². The van der Waals surface area contributed by atoms with Crippen molar-refractivity contribution in [1.82, 2.24) is 20.1 Å². The molecule has 0 radical (unpaired) electrons. The molecule has 1 aliphatic heterocycles. The molecule has 7 heteroatoms. The minimum atomic E-state index is 0.139. The van der Waals surface area contributed by atoms with E-state index in [4.69, 9.17) is 10.1 Å². The van der Waals surface area contributed by atoms with Crippen molar-refractivity contribution >= 4 is 32.7 Å². The van der Waals surface area contributed by atoms with E-state index in [2.05, 4.69) is 62.2 Å². The zero-order chi connectivity index (χ0) is 21.3. The average molecular weight is 426 g/mol. The highest BCUT2D eigenvalue weighted by atomic mass is 32.1. The normalized spacial score (nSPS) is 15.3. The Balaban J connectivity index is 1.48. The first kappa shape index (κ1) is 20.8. The topological polar surface area (TPSA) is 63.1 Å². The molecule has 0 unspecified atom stereocenters. The van der Waals surface area contributed by atoms with E-state index in [9.17, 15) is 4.79 Å². The summed E-state index contributed by atoms with van der Waals surface area (Å²) in [6, 6.07) is 8.63. The lowest BCUT2D eigenvalue weighted by molar-refractivity contribution is -0.126. The molecule has 1 amide bonds. The van der Waals surface area contributed by atoms with Gasteiger partial charge >= 0.3 is 0 Å². The Morgan fingerprint density at radius 1 is 1.23 bits per heavy atom. The number of hydrogen-bond donors (Lipinski definition) is 1. The summed E-state index contributed by atoms with van der Waals surface area (Å²) in [4.78, 5) is 19.7. The Kier molecular flexibility index (Phi) is 6.09. The number of hydrogen-bond acceptors (Lipinski definition) is 5. The van der Waals surface area contributed by atoms with Gasteiger partial charge in [0.05, 0.1) is 16.1 Å². The van der Waals surface area contributed by atoms with Crippen LogP contribution in [0.5, 0.6) is 0 Å². The van der Waals surface area contributed by atoms with Gasteiger partial charge in [-0.3, -0.25) is 4.79 Å². The van der Waals surface area contributed by atoms with Gasteiger partial charge in [0, 0.05) is 25.0 Å². The van der Waals surface area contributed by atoms with Gasteiger partial charge in [0.15, 0.2) is 10.8 Å². The van der Waals surface area contributed by atoms with Crippen LogP contribution in [0.15, 0.2) is 24.3 Å². The molecule has 3 heterocycles. The summed E-state index contributed by atoms with van der Waals surface area (Å²) in [7, 11) is 0. The van der Waals surface area contributed by atoms with Crippen LogP contribution >= 0.6 is 11.3 Å². The van der Waals surface area contributed by atoms with Crippen molar-refractivity contribution < 1.29 is 4.79 Å². The minimum absolute atomic E-state index is 0.139. The van der Waals surface area contributed by atoms with Crippen molar-refractivity contribution in [2.75, 3.05) is 18.0 Å². The van der Waals surface area contributed by atoms with Crippen LogP contribution < -0.4 is 10.2 Å². The maximum atomic E-state index is 12.4. The van der Waals surface area contributed by atoms with Crippen molar-refractivity contribution in [1.29, 1.82) is 0 Å². The fraction of sp³-hybridized carbons (Fsp3) is 0.522. The lowest BCUT2D eigenvalue weighted by Gasteiger charge is -2.32. The molecule has 2 aromatic heterocycles. The van der Waals surface area contributed by atoms with E-state index in [0.29, 0.717) is 0 Å². The molecule has 4 rings (SSSR count). The number of nitrogens with one attached hydrogen (secondary N) is 1. The van der Waals surface area contributed by atoms with Crippen LogP contribution in [0.2, 0.25) is 0 Å². The van der Waals surface area contributed by atoms with Crippen LogP contribution in [0.1, 0.15) is 50.8 Å². The monoisotopic (exact) mass is 425 g/mol. The number of rotatable bonds is 6. The number of aromatic nitrogens is 3. The maximum Gasteiger partial charge on any atom is 0.223 e. The Labute approximate surface area is 182 Å². The van der Waals surface area contributed by atoms with E-state index in [-0.39, 0.29) is 17.9 Å². The molecule has 160 valence electrons. The Bertz CT molecular complexity index is 1030. The van der Waals surface area contributed by atoms with E-state index in [1.165, 1.54) is 5.56 Å². The van der Waals surface area contributed by atoms with Crippen molar-refractivity contribution in [3.63, 3.8) is 0 Å². The third-order valence-corrected chi connectivity index (χ3v) is 7.31. The van der Waals surface area contributed by atoms with Crippen LogP contribution in [0.3, 0.4) is 0 Å². The summed E-state index contributed by atoms with van der Waals surface area (Å²) in [6.07, 6.45) is 3.74. The summed E-state index contributed by atoms with van der Waals surface area (Å²) in [5, 5.41) is 9.04. The predicted octanol–water partition coefficient (Wildman–Crippen LogP) is 4.62. The number of carbonyl (C=O) groups is 1. The second-order valence-corrected chi connectivity index (χ2v) is 9.25. The molecular formula is C23H31N5OS. The van der Waals surface area contributed by atoms with Crippen molar-refractivity contribution in [2.24, 2.45) is 5.92 Å². The van der Waals surface area contributed by atoms with Crippen molar-refractivity contribution in [3.05, 3.63) is 35.5 Å². The SMILES string of the molecule is CCC(CC)C(=O)NC1CCN(c2nc3c(s2)c(C)nn3-c2cccc(C)c2)CC1. The predicted molar refractivity (Wildman–Crippen MR) is 124 cm³/mol. The highest BCUT2D eigenvalue weighted by Crippen LogP contribution is 2.33. The largest absolute Gasteiger partial charge is 0.353 e. The fourth-order valence-corrected chi connectivity index (χ4v) is 5.23.